The summed E-state index contributed by atoms with van der Waals surface area (Å²) in [4.78, 5) is 22.1. The van der Waals surface area contributed by atoms with Crippen LogP contribution in [0.1, 0.15) is 25.1 Å². The van der Waals surface area contributed by atoms with Gasteiger partial charge in [-0.15, -0.1) is 0 Å². The third kappa shape index (κ3) is 2.56. The normalized spacial score (nSPS) is 8.73. The lowest BCUT2D eigenvalue weighted by Gasteiger charge is -2.03. The molecule has 0 bridgehead atoms. The molecule has 0 aliphatic carbocycles. The van der Waals surface area contributed by atoms with Crippen LogP contribution in [0.5, 0.6) is 0 Å². The van der Waals surface area contributed by atoms with Gasteiger partial charge in [0.25, 0.3) is 0 Å². The molecule has 0 fully saturated rings. The van der Waals surface area contributed by atoms with Gasteiger partial charge in [0.1, 0.15) is 0 Å². The Hall–Kier alpha value is -1.84. The van der Waals surface area contributed by atoms with Crippen molar-refractivity contribution in [3.63, 3.8) is 0 Å². The zero-order valence-electron chi connectivity index (χ0n) is 9.24. The Morgan fingerprint density at radius 1 is 1.20 bits per heavy atom. The molecule has 1 heterocycles. The highest BCUT2D eigenvalue weighted by Crippen LogP contribution is 2.03. The van der Waals surface area contributed by atoms with Crippen molar-refractivity contribution in [3.8, 4) is 0 Å². The first kappa shape index (κ1) is 13.2. The van der Waals surface area contributed by atoms with E-state index in [1.54, 1.807) is 0 Å². The molecule has 1 aromatic rings. The number of hydrogen-bond donors (Lipinski definition) is 0. The summed E-state index contributed by atoms with van der Waals surface area (Å²) in [6.07, 6.45) is 2.75. The van der Waals surface area contributed by atoms with E-state index < -0.39 is 11.4 Å². The van der Waals surface area contributed by atoms with Crippen LogP contribution in [0.4, 0.5) is 0 Å². The summed E-state index contributed by atoms with van der Waals surface area (Å²) < 4.78 is 5.61. The Labute approximate surface area is 88.2 Å². The van der Waals surface area contributed by atoms with Crippen molar-refractivity contribution in [1.29, 1.82) is 0 Å². The largest absolute Gasteiger partial charge is 0.422 e. The first-order chi connectivity index (χ1) is 7.11. The summed E-state index contributed by atoms with van der Waals surface area (Å²) in [5.74, 6) is -0.703. The molecule has 0 unspecified atom stereocenters. The van der Waals surface area contributed by atoms with Crippen LogP contribution in [0.3, 0.4) is 0 Å². The van der Waals surface area contributed by atoms with E-state index in [0.29, 0.717) is 5.69 Å². The van der Waals surface area contributed by atoms with E-state index in [9.17, 15) is 9.59 Å². The maximum absolute atomic E-state index is 11.1. The van der Waals surface area contributed by atoms with Crippen LogP contribution in [0.25, 0.3) is 12.2 Å². The minimum Gasteiger partial charge on any atom is -0.372 e. The van der Waals surface area contributed by atoms with E-state index in [1.165, 1.54) is 23.8 Å². The van der Waals surface area contributed by atoms with E-state index in [4.69, 9.17) is 0 Å². The fourth-order valence-corrected chi connectivity index (χ4v) is 1.02. The lowest BCUT2D eigenvalue weighted by molar-refractivity contribution is 0.416. The van der Waals surface area contributed by atoms with Gasteiger partial charge in [-0.2, -0.15) is 0 Å². The van der Waals surface area contributed by atoms with Crippen LogP contribution < -0.4 is 11.4 Å². The topological polar surface area (TPSA) is 52.2 Å². The molecule has 4 nitrogen and oxygen atoms in total. The minimum absolute atomic E-state index is 0.247. The first-order valence-corrected chi connectivity index (χ1v) is 4.60. The smallest absolute Gasteiger partial charge is 0.372 e. The van der Waals surface area contributed by atoms with Crippen molar-refractivity contribution in [1.82, 2.24) is 4.57 Å². The van der Waals surface area contributed by atoms with Gasteiger partial charge in [0.05, 0.1) is 11.3 Å². The average Bonchev–Trinajstić information content (AvgIpc) is 2.25. The number of rotatable bonds is 2. The number of hydrogen-bond acceptors (Lipinski definition) is 3. The molecular formula is C11H15NO3. The van der Waals surface area contributed by atoms with Crippen LogP contribution in [-0.4, -0.2) is 4.57 Å². The quantitative estimate of drug-likeness (QED) is 0.744. The van der Waals surface area contributed by atoms with Crippen molar-refractivity contribution >= 4 is 12.2 Å². The molecule has 0 saturated carbocycles. The van der Waals surface area contributed by atoms with Crippen LogP contribution in [0, 0.1) is 0 Å². The van der Waals surface area contributed by atoms with E-state index in [0.717, 1.165) is 0 Å². The molecule has 0 aliphatic heterocycles. The van der Waals surface area contributed by atoms with Crippen molar-refractivity contribution in [3.05, 3.63) is 45.4 Å². The number of nitrogens with zero attached hydrogens (tertiary/aromatic N) is 1. The highest BCUT2D eigenvalue weighted by atomic mass is 16.4. The summed E-state index contributed by atoms with van der Waals surface area (Å²) >= 11 is 0. The third-order valence-electron chi connectivity index (χ3n) is 1.71. The van der Waals surface area contributed by atoms with E-state index in [1.807, 2.05) is 13.8 Å². The van der Waals surface area contributed by atoms with Gasteiger partial charge in [-0.05, 0) is 6.08 Å². The van der Waals surface area contributed by atoms with Crippen LogP contribution in [0.15, 0.2) is 27.2 Å². The Bertz CT molecular complexity index is 466. The molecule has 82 valence electrons. The van der Waals surface area contributed by atoms with Crippen molar-refractivity contribution in [2.45, 2.75) is 13.8 Å². The number of aromatic nitrogens is 1. The van der Waals surface area contributed by atoms with Crippen molar-refractivity contribution in [2.24, 2.45) is 7.05 Å². The van der Waals surface area contributed by atoms with Gasteiger partial charge in [0.15, 0.2) is 0 Å². The molecule has 0 aliphatic rings. The fourth-order valence-electron chi connectivity index (χ4n) is 1.02. The van der Waals surface area contributed by atoms with E-state index >= 15 is 0 Å². The molecule has 0 radical (unpaired) electrons. The van der Waals surface area contributed by atoms with Crippen molar-refractivity contribution < 1.29 is 4.42 Å². The third-order valence-corrected chi connectivity index (χ3v) is 1.71. The van der Waals surface area contributed by atoms with Gasteiger partial charge in [-0.1, -0.05) is 33.1 Å². The summed E-state index contributed by atoms with van der Waals surface area (Å²) in [5.41, 5.74) is -0.0265. The lowest BCUT2D eigenvalue weighted by atomic mass is 10.2. The molecule has 0 N–H and O–H groups in total. The highest BCUT2D eigenvalue weighted by molar-refractivity contribution is 5.59. The molecule has 0 amide bonds. The average molecular weight is 209 g/mol. The standard InChI is InChI=1S/C9H9NO3.C2H6/c1-4-6-7(5-2)10(3)9(12)13-8(6)11;1-2/h4-5H,1-2H2,3H3;1-2H3. The second-order valence-corrected chi connectivity index (χ2v) is 2.42. The maximum atomic E-state index is 11.1. The predicted octanol–water partition coefficient (Wildman–Crippen LogP) is 1.65. The lowest BCUT2D eigenvalue weighted by Crippen LogP contribution is -2.26. The molecule has 0 saturated heterocycles. The monoisotopic (exact) mass is 209 g/mol. The molecule has 0 atom stereocenters. The van der Waals surface area contributed by atoms with Crippen LogP contribution in [-0.2, 0) is 7.05 Å². The Kier molecular flexibility index (Phi) is 5.09. The Balaban J connectivity index is 0.000000921. The fraction of sp³-hybridized carbons (Fsp3) is 0.273. The first-order valence-electron chi connectivity index (χ1n) is 4.60. The minimum atomic E-state index is -0.703. The Morgan fingerprint density at radius 2 is 1.73 bits per heavy atom. The maximum Gasteiger partial charge on any atom is 0.422 e. The molecule has 1 aromatic heterocycles. The summed E-state index contributed by atoms with van der Waals surface area (Å²) in [5, 5.41) is 0. The van der Waals surface area contributed by atoms with Gasteiger partial charge in [0, 0.05) is 7.05 Å². The second kappa shape index (κ2) is 5.80. The Morgan fingerprint density at radius 3 is 2.13 bits per heavy atom. The molecule has 0 spiro atoms. The second-order valence-electron chi connectivity index (χ2n) is 2.42. The molecule has 1 rings (SSSR count). The molecule has 4 heteroatoms. The SMILES string of the molecule is C=Cc1c(C=C)n(C)c(=O)oc1=O.CC. The van der Waals surface area contributed by atoms with Crippen LogP contribution >= 0.6 is 0 Å². The van der Waals surface area contributed by atoms with Gasteiger partial charge in [-0.3, -0.25) is 4.57 Å². The van der Waals surface area contributed by atoms with Crippen LogP contribution in [0.2, 0.25) is 0 Å². The van der Waals surface area contributed by atoms with Gasteiger partial charge in [-0.25, -0.2) is 9.59 Å². The van der Waals surface area contributed by atoms with Gasteiger partial charge in [0.2, 0.25) is 0 Å². The van der Waals surface area contributed by atoms with Gasteiger partial charge >= 0.3 is 11.4 Å². The molecular weight excluding hydrogens is 194 g/mol. The van der Waals surface area contributed by atoms with Gasteiger partial charge < -0.3 is 4.42 Å². The van der Waals surface area contributed by atoms with E-state index in [-0.39, 0.29) is 5.56 Å². The molecule has 0 aromatic carbocycles. The summed E-state index contributed by atoms with van der Waals surface area (Å²) in [6, 6.07) is 0. The zero-order chi connectivity index (χ0) is 12.0. The highest BCUT2D eigenvalue weighted by Gasteiger charge is 2.07. The van der Waals surface area contributed by atoms with Crippen molar-refractivity contribution in [2.75, 3.05) is 0 Å². The van der Waals surface area contributed by atoms with E-state index in [2.05, 4.69) is 17.6 Å². The predicted molar refractivity (Wildman–Crippen MR) is 61.7 cm³/mol. The molecule has 15 heavy (non-hydrogen) atoms. The zero-order valence-corrected chi connectivity index (χ0v) is 9.24. The summed E-state index contributed by atoms with van der Waals surface area (Å²) in [7, 11) is 1.50. The summed E-state index contributed by atoms with van der Waals surface area (Å²) in [6.45, 7) is 10.9.